The zero-order valence-corrected chi connectivity index (χ0v) is 18.7. The molecule has 2 aromatic carbocycles. The number of thiophene rings is 1. The molecule has 1 aromatic heterocycles. The van der Waals surface area contributed by atoms with Crippen molar-refractivity contribution in [3.05, 3.63) is 70.6 Å². The number of carbonyl (C=O) groups excluding carboxylic acids is 1. The number of ether oxygens (including phenoxy) is 1. The third kappa shape index (κ3) is 3.64. The summed E-state index contributed by atoms with van der Waals surface area (Å²) < 4.78 is 4.78. The van der Waals surface area contributed by atoms with Crippen LogP contribution in [0.5, 0.6) is 0 Å². The summed E-state index contributed by atoms with van der Waals surface area (Å²) in [6.45, 7) is 9.46. The van der Waals surface area contributed by atoms with Crippen molar-refractivity contribution in [2.24, 2.45) is 0 Å². The topological polar surface area (TPSA) is 26.3 Å². The molecule has 1 heterocycles. The summed E-state index contributed by atoms with van der Waals surface area (Å²) in [6, 6.07) is 16.9. The predicted molar refractivity (Wildman–Crippen MR) is 122 cm³/mol. The molecule has 0 atom stereocenters. The molecule has 0 bridgehead atoms. The molecule has 0 N–H and O–H groups in total. The second-order valence-electron chi connectivity index (χ2n) is 9.30. The van der Waals surface area contributed by atoms with E-state index in [0.717, 1.165) is 5.56 Å². The van der Waals surface area contributed by atoms with E-state index in [1.165, 1.54) is 47.1 Å². The minimum Gasteiger partial charge on any atom is -0.465 e. The molecular formula is C26H28O2S. The minimum atomic E-state index is -0.304. The number of rotatable bonds is 3. The Morgan fingerprint density at radius 3 is 2.10 bits per heavy atom. The zero-order valence-electron chi connectivity index (χ0n) is 17.8. The molecule has 0 radical (unpaired) electrons. The van der Waals surface area contributed by atoms with Crippen LogP contribution in [0.1, 0.15) is 62.0 Å². The lowest BCUT2D eigenvalue weighted by Crippen LogP contribution is -2.33. The van der Waals surface area contributed by atoms with Gasteiger partial charge in [-0.15, -0.1) is 11.3 Å². The molecule has 0 amide bonds. The standard InChI is InChI=1S/C26H28O2S/c1-25(2)12-13-26(3,4)22-14-19(10-11-21(22)25)23-15-20(16-29-23)17-6-8-18(9-7-17)24(27)28-5/h6-11,14-16H,12-13H2,1-5H3. The molecule has 150 valence electrons. The molecule has 0 saturated heterocycles. The Hall–Kier alpha value is -2.39. The van der Waals surface area contributed by atoms with Crippen molar-refractivity contribution in [3.8, 4) is 21.6 Å². The first kappa shape index (κ1) is 19.9. The summed E-state index contributed by atoms with van der Waals surface area (Å²) in [7, 11) is 1.41. The highest BCUT2D eigenvalue weighted by molar-refractivity contribution is 7.14. The molecule has 2 nitrogen and oxygen atoms in total. The molecule has 0 fully saturated rings. The largest absolute Gasteiger partial charge is 0.465 e. The van der Waals surface area contributed by atoms with E-state index in [9.17, 15) is 4.79 Å². The van der Waals surface area contributed by atoms with E-state index in [4.69, 9.17) is 4.74 Å². The molecule has 0 aliphatic heterocycles. The average molecular weight is 405 g/mol. The second kappa shape index (κ2) is 7.14. The van der Waals surface area contributed by atoms with Gasteiger partial charge in [-0.2, -0.15) is 0 Å². The van der Waals surface area contributed by atoms with Gasteiger partial charge in [0.25, 0.3) is 0 Å². The Morgan fingerprint density at radius 2 is 1.45 bits per heavy atom. The van der Waals surface area contributed by atoms with Crippen molar-refractivity contribution in [2.75, 3.05) is 7.11 Å². The maximum Gasteiger partial charge on any atom is 0.337 e. The monoisotopic (exact) mass is 404 g/mol. The van der Waals surface area contributed by atoms with Crippen LogP contribution in [-0.2, 0) is 15.6 Å². The molecule has 4 rings (SSSR count). The molecule has 1 aliphatic rings. The highest BCUT2D eigenvalue weighted by Crippen LogP contribution is 2.47. The Kier molecular flexibility index (Phi) is 4.90. The zero-order chi connectivity index (χ0) is 20.8. The van der Waals surface area contributed by atoms with Gasteiger partial charge in [-0.1, -0.05) is 52.0 Å². The Bertz CT molecular complexity index is 1050. The molecule has 3 heteroatoms. The highest BCUT2D eigenvalue weighted by Gasteiger charge is 2.37. The van der Waals surface area contributed by atoms with E-state index in [1.54, 1.807) is 11.3 Å². The van der Waals surface area contributed by atoms with E-state index in [1.807, 2.05) is 24.3 Å². The quantitative estimate of drug-likeness (QED) is 0.431. The van der Waals surface area contributed by atoms with Gasteiger partial charge in [-0.25, -0.2) is 4.79 Å². The van der Waals surface area contributed by atoms with Gasteiger partial charge in [0.05, 0.1) is 12.7 Å². The Morgan fingerprint density at radius 1 is 0.828 bits per heavy atom. The van der Waals surface area contributed by atoms with Crippen LogP contribution in [0.2, 0.25) is 0 Å². The molecule has 1 aliphatic carbocycles. The first-order chi connectivity index (χ1) is 13.7. The summed E-state index contributed by atoms with van der Waals surface area (Å²) >= 11 is 1.77. The summed E-state index contributed by atoms with van der Waals surface area (Å²) in [6.07, 6.45) is 2.45. The fourth-order valence-corrected chi connectivity index (χ4v) is 5.21. The number of hydrogen-bond donors (Lipinski definition) is 0. The molecule has 0 saturated carbocycles. The lowest BCUT2D eigenvalue weighted by Gasteiger charge is -2.42. The molecule has 3 aromatic rings. The summed E-state index contributed by atoms with van der Waals surface area (Å²) in [5, 5.41) is 2.19. The van der Waals surface area contributed by atoms with Crippen LogP contribution in [-0.4, -0.2) is 13.1 Å². The van der Waals surface area contributed by atoms with Crippen LogP contribution in [0, 0.1) is 0 Å². The van der Waals surface area contributed by atoms with Crippen molar-refractivity contribution in [3.63, 3.8) is 0 Å². The van der Waals surface area contributed by atoms with E-state index in [-0.39, 0.29) is 16.8 Å². The van der Waals surface area contributed by atoms with Crippen LogP contribution < -0.4 is 0 Å². The third-order valence-electron chi connectivity index (χ3n) is 6.38. The van der Waals surface area contributed by atoms with Crippen LogP contribution >= 0.6 is 11.3 Å². The molecular weight excluding hydrogens is 376 g/mol. The normalized spacial score (nSPS) is 16.9. The van der Waals surface area contributed by atoms with Crippen molar-refractivity contribution in [2.45, 2.75) is 51.4 Å². The molecule has 29 heavy (non-hydrogen) atoms. The van der Waals surface area contributed by atoms with Crippen molar-refractivity contribution in [1.29, 1.82) is 0 Å². The second-order valence-corrected chi connectivity index (χ2v) is 10.2. The maximum absolute atomic E-state index is 11.6. The van der Waals surface area contributed by atoms with Crippen LogP contribution in [0.15, 0.2) is 53.9 Å². The maximum atomic E-state index is 11.6. The number of methoxy groups -OCH3 is 1. The number of benzene rings is 2. The van der Waals surface area contributed by atoms with E-state index in [2.05, 4.69) is 57.3 Å². The summed E-state index contributed by atoms with van der Waals surface area (Å²) in [5.41, 5.74) is 7.59. The van der Waals surface area contributed by atoms with Gasteiger partial charge in [-0.05, 0) is 81.1 Å². The SMILES string of the molecule is COC(=O)c1ccc(-c2csc(-c3ccc4c(c3)C(C)(C)CCC4(C)C)c2)cc1. The van der Waals surface area contributed by atoms with Crippen molar-refractivity contribution in [1.82, 2.24) is 0 Å². The van der Waals surface area contributed by atoms with Crippen LogP contribution in [0.4, 0.5) is 0 Å². The predicted octanol–water partition coefficient (Wildman–Crippen LogP) is 7.22. The summed E-state index contributed by atoms with van der Waals surface area (Å²) in [5.74, 6) is -0.304. The minimum absolute atomic E-state index is 0.213. The fraction of sp³-hybridized carbons (Fsp3) is 0.346. The lowest BCUT2D eigenvalue weighted by molar-refractivity contribution is 0.0601. The fourth-order valence-electron chi connectivity index (χ4n) is 4.30. The van der Waals surface area contributed by atoms with E-state index in [0.29, 0.717) is 5.56 Å². The first-order valence-electron chi connectivity index (χ1n) is 10.1. The lowest BCUT2D eigenvalue weighted by atomic mass is 9.63. The number of carbonyl (C=O) groups is 1. The van der Waals surface area contributed by atoms with Gasteiger partial charge in [0.1, 0.15) is 0 Å². The van der Waals surface area contributed by atoms with Crippen molar-refractivity contribution < 1.29 is 9.53 Å². The smallest absolute Gasteiger partial charge is 0.337 e. The van der Waals surface area contributed by atoms with Gasteiger partial charge in [0.15, 0.2) is 0 Å². The number of esters is 1. The van der Waals surface area contributed by atoms with Gasteiger partial charge >= 0.3 is 5.97 Å². The van der Waals surface area contributed by atoms with Crippen LogP contribution in [0.25, 0.3) is 21.6 Å². The number of fused-ring (bicyclic) bond motifs is 1. The highest BCUT2D eigenvalue weighted by atomic mass is 32.1. The first-order valence-corrected chi connectivity index (χ1v) is 11.0. The molecule has 0 unspecified atom stereocenters. The van der Waals surface area contributed by atoms with Crippen LogP contribution in [0.3, 0.4) is 0 Å². The van der Waals surface area contributed by atoms with Gasteiger partial charge in [0, 0.05) is 4.88 Å². The van der Waals surface area contributed by atoms with E-state index < -0.39 is 0 Å². The Labute approximate surface area is 177 Å². The van der Waals surface area contributed by atoms with Gasteiger partial charge < -0.3 is 4.74 Å². The van der Waals surface area contributed by atoms with Gasteiger partial charge in [-0.3, -0.25) is 0 Å². The Balaban J connectivity index is 1.68. The molecule has 0 spiro atoms. The summed E-state index contributed by atoms with van der Waals surface area (Å²) in [4.78, 5) is 12.9. The van der Waals surface area contributed by atoms with Crippen molar-refractivity contribution >= 4 is 17.3 Å². The number of hydrogen-bond acceptors (Lipinski definition) is 3. The van der Waals surface area contributed by atoms with E-state index >= 15 is 0 Å². The average Bonchev–Trinajstić information content (AvgIpc) is 3.21. The third-order valence-corrected chi connectivity index (χ3v) is 7.36. The van der Waals surface area contributed by atoms with Gasteiger partial charge in [0.2, 0.25) is 0 Å².